The number of methoxy groups -OCH3 is 1. The van der Waals surface area contributed by atoms with Gasteiger partial charge in [0.15, 0.2) is 0 Å². The van der Waals surface area contributed by atoms with Gasteiger partial charge in [0, 0.05) is 23.1 Å². The molecule has 3 aromatic rings. The van der Waals surface area contributed by atoms with E-state index in [2.05, 4.69) is 6.07 Å². The van der Waals surface area contributed by atoms with Crippen molar-refractivity contribution < 1.29 is 13.9 Å². The minimum Gasteiger partial charge on any atom is -0.497 e. The number of nitrogens with zero attached hydrogens (tertiary/aromatic N) is 2. The summed E-state index contributed by atoms with van der Waals surface area (Å²) in [6, 6.07) is 20.5. The van der Waals surface area contributed by atoms with Gasteiger partial charge in [0.1, 0.15) is 17.3 Å². The average molecular weight is 409 g/mol. The maximum atomic E-state index is 14.1. The summed E-state index contributed by atoms with van der Waals surface area (Å²) in [6.45, 7) is 0. The molecule has 146 valence electrons. The Morgan fingerprint density at radius 3 is 2.79 bits per heavy atom. The predicted molar refractivity (Wildman–Crippen MR) is 110 cm³/mol. The number of benzene rings is 3. The van der Waals surface area contributed by atoms with Crippen molar-refractivity contribution in [3.8, 4) is 11.5 Å². The van der Waals surface area contributed by atoms with Crippen molar-refractivity contribution in [3.63, 3.8) is 0 Å². The van der Waals surface area contributed by atoms with Gasteiger partial charge in [0.2, 0.25) is 6.23 Å². The van der Waals surface area contributed by atoms with E-state index in [1.807, 2.05) is 47.5 Å². The molecule has 29 heavy (non-hydrogen) atoms. The van der Waals surface area contributed by atoms with Gasteiger partial charge in [-0.3, -0.25) is 0 Å². The van der Waals surface area contributed by atoms with Gasteiger partial charge < -0.3 is 9.47 Å². The molecule has 5 rings (SSSR count). The minimum absolute atomic E-state index is 0.00453. The SMILES string of the molecule is COc1cccc(C2=NN3[C@H](C2)c2ccccc2O[C@@H]3c2ccc(Cl)c(F)c2)c1. The summed E-state index contributed by atoms with van der Waals surface area (Å²) in [6.07, 6.45) is 0.185. The third-order valence-corrected chi connectivity index (χ3v) is 5.64. The number of fused-ring (bicyclic) bond motifs is 3. The summed E-state index contributed by atoms with van der Waals surface area (Å²) in [7, 11) is 1.65. The molecule has 0 aliphatic carbocycles. The second-order valence-corrected chi connectivity index (χ2v) is 7.47. The van der Waals surface area contributed by atoms with Gasteiger partial charge >= 0.3 is 0 Å². The van der Waals surface area contributed by atoms with E-state index in [0.29, 0.717) is 5.56 Å². The van der Waals surface area contributed by atoms with Crippen LogP contribution in [0, 0.1) is 5.82 Å². The van der Waals surface area contributed by atoms with Crippen molar-refractivity contribution in [1.82, 2.24) is 5.01 Å². The molecule has 3 aromatic carbocycles. The lowest BCUT2D eigenvalue weighted by atomic mass is 9.96. The lowest BCUT2D eigenvalue weighted by Crippen LogP contribution is -2.33. The number of ether oxygens (including phenoxy) is 2. The summed E-state index contributed by atoms with van der Waals surface area (Å²) in [5, 5.41) is 6.88. The van der Waals surface area contributed by atoms with Crippen molar-refractivity contribution >= 4 is 17.3 Å². The molecule has 0 N–H and O–H groups in total. The maximum absolute atomic E-state index is 14.1. The molecule has 0 fully saturated rings. The first-order valence-electron chi connectivity index (χ1n) is 9.35. The summed E-state index contributed by atoms with van der Waals surface area (Å²) in [5.74, 6) is 1.10. The average Bonchev–Trinajstić information content (AvgIpc) is 3.21. The Morgan fingerprint density at radius 2 is 1.97 bits per heavy atom. The van der Waals surface area contributed by atoms with Crippen molar-refractivity contribution in [2.24, 2.45) is 5.10 Å². The molecule has 0 amide bonds. The largest absolute Gasteiger partial charge is 0.497 e. The van der Waals surface area contributed by atoms with Crippen LogP contribution in [0.2, 0.25) is 5.02 Å². The van der Waals surface area contributed by atoms with Crippen LogP contribution in [0.3, 0.4) is 0 Å². The topological polar surface area (TPSA) is 34.1 Å². The van der Waals surface area contributed by atoms with Gasteiger partial charge in [-0.2, -0.15) is 5.10 Å². The first-order valence-corrected chi connectivity index (χ1v) is 9.72. The molecule has 2 aliphatic rings. The highest BCUT2D eigenvalue weighted by atomic mass is 35.5. The predicted octanol–water partition coefficient (Wildman–Crippen LogP) is 5.73. The fraction of sp³-hybridized carbons (Fsp3) is 0.174. The quantitative estimate of drug-likeness (QED) is 0.555. The monoisotopic (exact) mass is 408 g/mol. The Morgan fingerprint density at radius 1 is 1.10 bits per heavy atom. The smallest absolute Gasteiger partial charge is 0.213 e. The number of hydrogen-bond donors (Lipinski definition) is 0. The zero-order valence-corrected chi connectivity index (χ0v) is 16.4. The molecule has 0 saturated heterocycles. The van der Waals surface area contributed by atoms with E-state index in [-0.39, 0.29) is 11.1 Å². The first-order chi connectivity index (χ1) is 14.1. The summed E-state index contributed by atoms with van der Waals surface area (Å²) >= 11 is 5.87. The summed E-state index contributed by atoms with van der Waals surface area (Å²) in [4.78, 5) is 0. The van der Waals surface area contributed by atoms with Crippen molar-refractivity contribution in [2.75, 3.05) is 7.11 Å². The Hall–Kier alpha value is -3.05. The highest BCUT2D eigenvalue weighted by molar-refractivity contribution is 6.30. The lowest BCUT2D eigenvalue weighted by molar-refractivity contribution is -0.0192. The fourth-order valence-electron chi connectivity index (χ4n) is 3.90. The van der Waals surface area contributed by atoms with Crippen LogP contribution in [-0.2, 0) is 0 Å². The van der Waals surface area contributed by atoms with Crippen LogP contribution in [0.4, 0.5) is 4.39 Å². The van der Waals surface area contributed by atoms with Gasteiger partial charge in [-0.1, -0.05) is 48.0 Å². The second kappa shape index (κ2) is 7.08. The van der Waals surface area contributed by atoms with Gasteiger partial charge in [-0.05, 0) is 30.3 Å². The van der Waals surface area contributed by atoms with Crippen molar-refractivity contribution in [1.29, 1.82) is 0 Å². The van der Waals surface area contributed by atoms with E-state index in [0.717, 1.165) is 34.8 Å². The van der Waals surface area contributed by atoms with E-state index in [9.17, 15) is 4.39 Å². The van der Waals surface area contributed by atoms with E-state index in [1.165, 1.54) is 6.07 Å². The van der Waals surface area contributed by atoms with Gasteiger partial charge in [-0.25, -0.2) is 9.40 Å². The minimum atomic E-state index is -0.537. The Bertz CT molecular complexity index is 1120. The highest BCUT2D eigenvalue weighted by Crippen LogP contribution is 2.47. The molecule has 2 atom stereocenters. The molecular formula is C23H18ClFN2O2. The molecule has 2 aliphatic heterocycles. The van der Waals surface area contributed by atoms with Gasteiger partial charge in [-0.15, -0.1) is 0 Å². The third kappa shape index (κ3) is 3.12. The maximum Gasteiger partial charge on any atom is 0.213 e. The zero-order chi connectivity index (χ0) is 20.0. The highest BCUT2D eigenvalue weighted by Gasteiger charge is 2.41. The van der Waals surface area contributed by atoms with Crippen LogP contribution < -0.4 is 9.47 Å². The molecule has 0 aromatic heterocycles. The van der Waals surface area contributed by atoms with Crippen LogP contribution in [0.5, 0.6) is 11.5 Å². The van der Waals surface area contributed by atoms with E-state index < -0.39 is 12.0 Å². The zero-order valence-electron chi connectivity index (χ0n) is 15.7. The lowest BCUT2D eigenvalue weighted by Gasteiger charge is -2.38. The molecule has 0 radical (unpaired) electrons. The molecule has 0 unspecified atom stereocenters. The Balaban J connectivity index is 1.59. The van der Waals surface area contributed by atoms with Crippen molar-refractivity contribution in [2.45, 2.75) is 18.7 Å². The van der Waals surface area contributed by atoms with Crippen LogP contribution in [0.25, 0.3) is 0 Å². The first kappa shape index (κ1) is 18.0. The number of para-hydroxylation sites is 1. The number of rotatable bonds is 3. The molecule has 6 heteroatoms. The molecule has 0 bridgehead atoms. The Kier molecular flexibility index (Phi) is 4.40. The van der Waals surface area contributed by atoms with Gasteiger partial charge in [0.25, 0.3) is 0 Å². The Labute approximate surface area is 173 Å². The summed E-state index contributed by atoms with van der Waals surface area (Å²) in [5.41, 5.74) is 3.67. The normalized spacial score (nSPS) is 19.8. The van der Waals surface area contributed by atoms with E-state index >= 15 is 0 Å². The van der Waals surface area contributed by atoms with E-state index in [4.69, 9.17) is 26.2 Å². The third-order valence-electron chi connectivity index (χ3n) is 5.33. The summed E-state index contributed by atoms with van der Waals surface area (Å²) < 4.78 is 25.7. The van der Waals surface area contributed by atoms with Crippen LogP contribution in [0.15, 0.2) is 71.8 Å². The number of halogens is 2. The molecule has 2 heterocycles. The molecule has 0 spiro atoms. The molecule has 4 nitrogen and oxygen atoms in total. The van der Waals surface area contributed by atoms with Crippen LogP contribution in [-0.4, -0.2) is 17.8 Å². The number of hydrazone groups is 1. The van der Waals surface area contributed by atoms with Crippen LogP contribution >= 0.6 is 11.6 Å². The van der Waals surface area contributed by atoms with Crippen LogP contribution in [0.1, 0.15) is 35.4 Å². The fourth-order valence-corrected chi connectivity index (χ4v) is 4.01. The second-order valence-electron chi connectivity index (χ2n) is 7.06. The number of hydrogen-bond acceptors (Lipinski definition) is 4. The standard InChI is InChI=1S/C23H18ClFN2O2/c1-28-16-6-4-5-14(11-16)20-13-21-17-7-2-3-8-22(17)29-23(27(21)26-20)15-9-10-18(24)19(25)12-15/h2-12,21,23H,13H2,1H3/t21-,23-/m1/s1. The van der Waals surface area contributed by atoms with Crippen molar-refractivity contribution in [3.05, 3.63) is 94.3 Å². The molecular weight excluding hydrogens is 391 g/mol. The molecule has 0 saturated carbocycles. The van der Waals surface area contributed by atoms with Gasteiger partial charge in [0.05, 0.1) is 23.9 Å². The van der Waals surface area contributed by atoms with E-state index in [1.54, 1.807) is 19.2 Å².